The smallest absolute Gasteiger partial charge is 0.265 e. The molecule has 0 saturated carbocycles. The molecule has 0 aliphatic carbocycles. The number of thiophene rings is 1. The number of carbonyl (C=O) groups is 1. The molecule has 130 valence electrons. The Kier molecular flexibility index (Phi) is 4.26. The summed E-state index contributed by atoms with van der Waals surface area (Å²) < 4.78 is 2.61. The topological polar surface area (TPSA) is 46.4 Å². The average Bonchev–Trinajstić information content (AvgIpc) is 3.24. The van der Waals surface area contributed by atoms with Gasteiger partial charge in [-0.2, -0.15) is 0 Å². The number of hydrogen-bond donors (Lipinski definition) is 1. The summed E-state index contributed by atoms with van der Waals surface area (Å²) in [5, 5.41) is 2.97. The monoisotopic (exact) mass is 381 g/mol. The third-order valence-corrected chi connectivity index (χ3v) is 5.49. The van der Waals surface area contributed by atoms with Crippen molar-refractivity contribution in [3.8, 4) is 11.3 Å². The minimum absolute atomic E-state index is 0.159. The molecule has 3 aromatic heterocycles. The first-order valence-electron chi connectivity index (χ1n) is 8.13. The standard InChI is InChI=1S/C20H16ClN3OS/c1-12-5-6-14(16-11-24-9-3-4-13(2)19(24)22-16)10-15(12)23-20(25)17-7-8-18(21)26-17/h3-11H,1-2H3,(H,23,25). The number of rotatable bonds is 3. The van der Waals surface area contributed by atoms with Crippen molar-refractivity contribution in [2.24, 2.45) is 0 Å². The van der Waals surface area contributed by atoms with E-state index in [2.05, 4.69) is 5.32 Å². The number of carbonyl (C=O) groups excluding carboxylic acids is 1. The van der Waals surface area contributed by atoms with Crippen LogP contribution in [0.5, 0.6) is 0 Å². The quantitative estimate of drug-likeness (QED) is 0.503. The zero-order valence-corrected chi connectivity index (χ0v) is 15.9. The Hall–Kier alpha value is -2.63. The number of aromatic nitrogens is 2. The number of benzene rings is 1. The zero-order valence-electron chi connectivity index (χ0n) is 14.3. The molecule has 0 atom stereocenters. The van der Waals surface area contributed by atoms with Crippen LogP contribution in [0.1, 0.15) is 20.8 Å². The van der Waals surface area contributed by atoms with E-state index in [4.69, 9.17) is 16.6 Å². The molecular weight excluding hydrogens is 366 g/mol. The number of hydrogen-bond acceptors (Lipinski definition) is 3. The van der Waals surface area contributed by atoms with Crippen molar-refractivity contribution in [2.45, 2.75) is 13.8 Å². The highest BCUT2D eigenvalue weighted by molar-refractivity contribution is 7.18. The van der Waals surface area contributed by atoms with Gasteiger partial charge in [-0.15, -0.1) is 11.3 Å². The summed E-state index contributed by atoms with van der Waals surface area (Å²) in [5.74, 6) is -0.159. The number of anilines is 1. The van der Waals surface area contributed by atoms with Crippen LogP contribution in [-0.2, 0) is 0 Å². The summed E-state index contributed by atoms with van der Waals surface area (Å²) in [5.41, 5.74) is 5.64. The van der Waals surface area contributed by atoms with Crippen LogP contribution in [0.4, 0.5) is 5.69 Å². The third kappa shape index (κ3) is 3.11. The van der Waals surface area contributed by atoms with E-state index in [0.717, 1.165) is 33.7 Å². The number of amides is 1. The molecule has 4 aromatic rings. The minimum atomic E-state index is -0.159. The van der Waals surface area contributed by atoms with Gasteiger partial charge in [0.25, 0.3) is 5.91 Å². The van der Waals surface area contributed by atoms with E-state index in [-0.39, 0.29) is 5.91 Å². The largest absolute Gasteiger partial charge is 0.321 e. The van der Waals surface area contributed by atoms with Crippen LogP contribution in [-0.4, -0.2) is 15.3 Å². The van der Waals surface area contributed by atoms with Crippen LogP contribution in [0.25, 0.3) is 16.9 Å². The summed E-state index contributed by atoms with van der Waals surface area (Å²) in [6, 6.07) is 13.5. The first-order chi connectivity index (χ1) is 12.5. The average molecular weight is 382 g/mol. The van der Waals surface area contributed by atoms with E-state index in [0.29, 0.717) is 9.21 Å². The highest BCUT2D eigenvalue weighted by atomic mass is 35.5. The Morgan fingerprint density at radius 1 is 1.15 bits per heavy atom. The fourth-order valence-corrected chi connectivity index (χ4v) is 3.77. The molecule has 26 heavy (non-hydrogen) atoms. The number of nitrogens with one attached hydrogen (secondary N) is 1. The van der Waals surface area contributed by atoms with Crippen LogP contribution in [0.15, 0.2) is 54.9 Å². The Morgan fingerprint density at radius 2 is 2.00 bits per heavy atom. The second-order valence-electron chi connectivity index (χ2n) is 6.14. The van der Waals surface area contributed by atoms with Gasteiger partial charge in [0.05, 0.1) is 14.9 Å². The van der Waals surface area contributed by atoms with Crippen molar-refractivity contribution < 1.29 is 4.79 Å². The molecule has 4 nitrogen and oxygen atoms in total. The molecule has 0 spiro atoms. The summed E-state index contributed by atoms with van der Waals surface area (Å²) in [6.07, 6.45) is 3.98. The van der Waals surface area contributed by atoms with E-state index in [1.807, 2.05) is 61.0 Å². The van der Waals surface area contributed by atoms with Gasteiger partial charge >= 0.3 is 0 Å². The number of imidazole rings is 1. The number of fused-ring (bicyclic) bond motifs is 1. The van der Waals surface area contributed by atoms with Gasteiger partial charge in [0, 0.05) is 23.6 Å². The molecule has 1 aromatic carbocycles. The number of nitrogens with zero attached hydrogens (tertiary/aromatic N) is 2. The zero-order chi connectivity index (χ0) is 18.3. The molecule has 0 bridgehead atoms. The Labute approximate surface area is 160 Å². The van der Waals surface area contributed by atoms with E-state index in [1.165, 1.54) is 11.3 Å². The SMILES string of the molecule is Cc1ccc(-c2cn3cccc(C)c3n2)cc1NC(=O)c1ccc(Cl)s1. The molecule has 6 heteroatoms. The number of pyridine rings is 1. The van der Waals surface area contributed by atoms with Crippen molar-refractivity contribution in [3.05, 3.63) is 75.2 Å². The van der Waals surface area contributed by atoms with Crippen LogP contribution in [0, 0.1) is 13.8 Å². The molecule has 0 unspecified atom stereocenters. The molecule has 0 fully saturated rings. The lowest BCUT2D eigenvalue weighted by molar-refractivity contribution is 0.103. The fraction of sp³-hybridized carbons (Fsp3) is 0.100. The predicted molar refractivity (Wildman–Crippen MR) is 107 cm³/mol. The second-order valence-corrected chi connectivity index (χ2v) is 7.85. The van der Waals surface area contributed by atoms with E-state index in [9.17, 15) is 4.79 Å². The van der Waals surface area contributed by atoms with Crippen LogP contribution < -0.4 is 5.32 Å². The summed E-state index contributed by atoms with van der Waals surface area (Å²) in [4.78, 5) is 17.7. The molecule has 1 amide bonds. The first kappa shape index (κ1) is 16.8. The van der Waals surface area contributed by atoms with Gasteiger partial charge in [-0.3, -0.25) is 4.79 Å². The number of aryl methyl sites for hydroxylation is 2. The van der Waals surface area contributed by atoms with Gasteiger partial charge in [0.1, 0.15) is 5.65 Å². The maximum absolute atomic E-state index is 12.4. The second kappa shape index (κ2) is 6.59. The Morgan fingerprint density at radius 3 is 2.73 bits per heavy atom. The van der Waals surface area contributed by atoms with Crippen molar-refractivity contribution in [1.82, 2.24) is 9.38 Å². The Bertz CT molecular complexity index is 1130. The van der Waals surface area contributed by atoms with Gasteiger partial charge in [0.15, 0.2) is 0 Å². The molecule has 0 aliphatic rings. The lowest BCUT2D eigenvalue weighted by Crippen LogP contribution is -2.11. The van der Waals surface area contributed by atoms with Gasteiger partial charge in [-0.25, -0.2) is 4.98 Å². The van der Waals surface area contributed by atoms with Crippen LogP contribution in [0.2, 0.25) is 4.34 Å². The van der Waals surface area contributed by atoms with Gasteiger partial charge in [-0.05, 0) is 49.2 Å². The third-order valence-electron chi connectivity index (χ3n) is 4.26. The molecule has 4 rings (SSSR count). The lowest BCUT2D eigenvalue weighted by Gasteiger charge is -2.09. The van der Waals surface area contributed by atoms with Crippen molar-refractivity contribution in [2.75, 3.05) is 5.32 Å². The summed E-state index contributed by atoms with van der Waals surface area (Å²) in [7, 11) is 0. The molecule has 1 N–H and O–H groups in total. The molecule has 0 radical (unpaired) electrons. The van der Waals surface area contributed by atoms with Gasteiger partial charge in [-0.1, -0.05) is 29.8 Å². The highest BCUT2D eigenvalue weighted by Crippen LogP contribution is 2.27. The Balaban J connectivity index is 1.69. The maximum Gasteiger partial charge on any atom is 0.265 e. The summed E-state index contributed by atoms with van der Waals surface area (Å²) in [6.45, 7) is 4.01. The van der Waals surface area contributed by atoms with Crippen molar-refractivity contribution >= 4 is 40.2 Å². The predicted octanol–water partition coefficient (Wildman–Crippen LogP) is 5.59. The maximum atomic E-state index is 12.4. The van der Waals surface area contributed by atoms with Crippen LogP contribution >= 0.6 is 22.9 Å². The van der Waals surface area contributed by atoms with E-state index in [1.54, 1.807) is 12.1 Å². The molecule has 3 heterocycles. The molecule has 0 aliphatic heterocycles. The fourth-order valence-electron chi connectivity index (χ4n) is 2.83. The minimum Gasteiger partial charge on any atom is -0.321 e. The molecular formula is C20H16ClN3OS. The first-order valence-corrected chi connectivity index (χ1v) is 9.33. The number of halogens is 1. The summed E-state index contributed by atoms with van der Waals surface area (Å²) >= 11 is 7.19. The van der Waals surface area contributed by atoms with Gasteiger partial charge in [0.2, 0.25) is 0 Å². The highest BCUT2D eigenvalue weighted by Gasteiger charge is 2.12. The van der Waals surface area contributed by atoms with Crippen molar-refractivity contribution in [3.63, 3.8) is 0 Å². The van der Waals surface area contributed by atoms with E-state index < -0.39 is 0 Å². The van der Waals surface area contributed by atoms with E-state index >= 15 is 0 Å². The lowest BCUT2D eigenvalue weighted by atomic mass is 10.1. The normalized spacial score (nSPS) is 11.0. The van der Waals surface area contributed by atoms with Gasteiger partial charge < -0.3 is 9.72 Å². The van der Waals surface area contributed by atoms with Crippen molar-refractivity contribution in [1.29, 1.82) is 0 Å². The van der Waals surface area contributed by atoms with Crippen LogP contribution in [0.3, 0.4) is 0 Å². The molecule has 0 saturated heterocycles.